The van der Waals surface area contributed by atoms with E-state index in [0.29, 0.717) is 0 Å². The molecule has 0 heterocycles. The van der Waals surface area contributed by atoms with Crippen molar-refractivity contribution >= 4 is 0 Å². The largest absolute Gasteiger partial charge is 0.507 e. The lowest BCUT2D eigenvalue weighted by molar-refractivity contribution is 0.475. The minimum Gasteiger partial charge on any atom is -0.507 e. The van der Waals surface area contributed by atoms with Gasteiger partial charge in [-0.15, -0.1) is 0 Å². The predicted octanol–water partition coefficient (Wildman–Crippen LogP) is 9.97. The SMILES string of the molecule is CCC(c1ccc(Oc2ccccc2)cc1)(c1ccc(O)c(-c2ccccc2)c1)c1ccc(O)c(-c2ccccc2)c1. The molecule has 0 radical (unpaired) electrons. The van der Waals surface area contributed by atoms with Crippen molar-refractivity contribution in [3.05, 3.63) is 168 Å². The molecule has 0 bridgehead atoms. The van der Waals surface area contributed by atoms with Gasteiger partial charge in [0.05, 0.1) is 0 Å². The fourth-order valence-corrected chi connectivity index (χ4v) is 5.85. The van der Waals surface area contributed by atoms with Gasteiger partial charge < -0.3 is 14.9 Å². The Balaban J connectivity index is 1.54. The van der Waals surface area contributed by atoms with E-state index < -0.39 is 5.41 Å². The minimum absolute atomic E-state index is 0.234. The van der Waals surface area contributed by atoms with Gasteiger partial charge in [0.1, 0.15) is 23.0 Å². The van der Waals surface area contributed by atoms with Crippen LogP contribution in [0.5, 0.6) is 23.0 Å². The third-order valence-electron chi connectivity index (χ3n) is 8.00. The normalized spacial score (nSPS) is 11.3. The highest BCUT2D eigenvalue weighted by Gasteiger charge is 2.36. The molecule has 6 rings (SSSR count). The predicted molar refractivity (Wildman–Crippen MR) is 170 cm³/mol. The van der Waals surface area contributed by atoms with Gasteiger partial charge in [-0.2, -0.15) is 0 Å². The van der Waals surface area contributed by atoms with Crippen LogP contribution in [0.25, 0.3) is 22.3 Å². The molecule has 2 N–H and O–H groups in total. The lowest BCUT2D eigenvalue weighted by Crippen LogP contribution is -2.28. The van der Waals surface area contributed by atoms with Crippen molar-refractivity contribution in [2.45, 2.75) is 18.8 Å². The summed E-state index contributed by atoms with van der Waals surface area (Å²) < 4.78 is 6.11. The standard InChI is InChI=1S/C39H32O3/c1-2-39(30-18-22-34(23-19-30)42-33-16-10-5-11-17-33,31-20-24-37(40)35(26-31)28-12-6-3-7-13-28)32-21-25-38(41)36(27-32)29-14-8-4-9-15-29/h3-27,40-41H,2H2,1H3. The number of phenolic OH excluding ortho intramolecular Hbond substituents is 2. The summed E-state index contributed by atoms with van der Waals surface area (Å²) in [5.74, 6) is 2.00. The number of ether oxygens (including phenoxy) is 1. The molecule has 6 aromatic rings. The van der Waals surface area contributed by atoms with Gasteiger partial charge in [0.15, 0.2) is 0 Å². The van der Waals surface area contributed by atoms with E-state index in [4.69, 9.17) is 4.74 Å². The molecule has 0 aliphatic heterocycles. The van der Waals surface area contributed by atoms with E-state index in [1.54, 1.807) is 12.1 Å². The number of para-hydroxylation sites is 1. The minimum atomic E-state index is -0.584. The molecular formula is C39H32O3. The van der Waals surface area contributed by atoms with Crippen molar-refractivity contribution in [1.29, 1.82) is 0 Å². The van der Waals surface area contributed by atoms with Crippen LogP contribution in [0.1, 0.15) is 30.0 Å². The Morgan fingerprint density at radius 2 is 0.881 bits per heavy atom. The van der Waals surface area contributed by atoms with Gasteiger partial charge in [0.25, 0.3) is 0 Å². The van der Waals surface area contributed by atoms with Gasteiger partial charge in [0, 0.05) is 16.5 Å². The molecule has 3 nitrogen and oxygen atoms in total. The first-order valence-corrected chi connectivity index (χ1v) is 14.2. The summed E-state index contributed by atoms with van der Waals surface area (Å²) in [7, 11) is 0. The van der Waals surface area contributed by atoms with Crippen molar-refractivity contribution in [2.75, 3.05) is 0 Å². The second-order valence-corrected chi connectivity index (χ2v) is 10.4. The van der Waals surface area contributed by atoms with E-state index in [1.807, 2.05) is 115 Å². The topological polar surface area (TPSA) is 49.7 Å². The third-order valence-corrected chi connectivity index (χ3v) is 8.00. The molecule has 3 heteroatoms. The molecule has 0 fully saturated rings. The molecule has 0 aliphatic rings. The Kier molecular flexibility index (Phi) is 7.49. The van der Waals surface area contributed by atoms with Crippen molar-refractivity contribution < 1.29 is 14.9 Å². The van der Waals surface area contributed by atoms with Crippen LogP contribution in [-0.4, -0.2) is 10.2 Å². The van der Waals surface area contributed by atoms with Crippen LogP contribution in [-0.2, 0) is 5.41 Å². The van der Waals surface area contributed by atoms with Crippen LogP contribution in [0.2, 0.25) is 0 Å². The molecule has 206 valence electrons. The zero-order valence-electron chi connectivity index (χ0n) is 23.4. The molecule has 6 aromatic carbocycles. The average molecular weight is 549 g/mol. The summed E-state index contributed by atoms with van der Waals surface area (Å²) in [4.78, 5) is 0. The Morgan fingerprint density at radius 1 is 0.476 bits per heavy atom. The first-order valence-electron chi connectivity index (χ1n) is 14.2. The van der Waals surface area contributed by atoms with Crippen LogP contribution in [0.3, 0.4) is 0 Å². The van der Waals surface area contributed by atoms with Crippen LogP contribution >= 0.6 is 0 Å². The number of aromatic hydroxyl groups is 2. The van der Waals surface area contributed by atoms with Crippen molar-refractivity contribution in [1.82, 2.24) is 0 Å². The number of hydrogen-bond donors (Lipinski definition) is 2. The molecule has 0 atom stereocenters. The summed E-state index contributed by atoms with van der Waals surface area (Å²) in [6.45, 7) is 2.18. The van der Waals surface area contributed by atoms with Crippen LogP contribution in [0.15, 0.2) is 152 Å². The first-order chi connectivity index (χ1) is 20.6. The zero-order valence-corrected chi connectivity index (χ0v) is 23.4. The number of phenols is 2. The van der Waals surface area contributed by atoms with E-state index in [0.717, 1.165) is 56.9 Å². The summed E-state index contributed by atoms with van der Waals surface area (Å²) in [5.41, 5.74) is 6.04. The van der Waals surface area contributed by atoms with Gasteiger partial charge in [-0.25, -0.2) is 0 Å². The number of benzene rings is 6. The zero-order chi connectivity index (χ0) is 28.9. The van der Waals surface area contributed by atoms with Crippen LogP contribution in [0.4, 0.5) is 0 Å². The fourth-order valence-electron chi connectivity index (χ4n) is 5.85. The smallest absolute Gasteiger partial charge is 0.127 e. The second kappa shape index (κ2) is 11.7. The van der Waals surface area contributed by atoms with E-state index >= 15 is 0 Å². The van der Waals surface area contributed by atoms with Gasteiger partial charge >= 0.3 is 0 Å². The Hall–Kier alpha value is -5.28. The average Bonchev–Trinajstić information content (AvgIpc) is 3.05. The fraction of sp³-hybridized carbons (Fsp3) is 0.0769. The third kappa shape index (κ3) is 5.13. The van der Waals surface area contributed by atoms with E-state index in [9.17, 15) is 10.2 Å². The van der Waals surface area contributed by atoms with E-state index in [2.05, 4.69) is 31.2 Å². The summed E-state index contributed by atoms with van der Waals surface area (Å²) in [6, 6.07) is 49.7. The summed E-state index contributed by atoms with van der Waals surface area (Å²) >= 11 is 0. The molecule has 0 unspecified atom stereocenters. The molecular weight excluding hydrogens is 516 g/mol. The van der Waals surface area contributed by atoms with Crippen molar-refractivity contribution in [2.24, 2.45) is 0 Å². The van der Waals surface area contributed by atoms with Gasteiger partial charge in [-0.1, -0.05) is 110 Å². The molecule has 0 amide bonds. The highest BCUT2D eigenvalue weighted by atomic mass is 16.5. The quantitative estimate of drug-likeness (QED) is 0.186. The van der Waals surface area contributed by atoms with Gasteiger partial charge in [0.2, 0.25) is 0 Å². The van der Waals surface area contributed by atoms with Crippen LogP contribution < -0.4 is 4.74 Å². The molecule has 0 saturated heterocycles. The van der Waals surface area contributed by atoms with E-state index in [-0.39, 0.29) is 11.5 Å². The lowest BCUT2D eigenvalue weighted by atomic mass is 9.67. The summed E-state index contributed by atoms with van der Waals surface area (Å²) in [5, 5.41) is 21.8. The van der Waals surface area contributed by atoms with Crippen molar-refractivity contribution in [3.8, 4) is 45.3 Å². The summed E-state index contributed by atoms with van der Waals surface area (Å²) in [6.07, 6.45) is 0.740. The highest BCUT2D eigenvalue weighted by Crippen LogP contribution is 2.47. The maximum absolute atomic E-state index is 10.9. The van der Waals surface area contributed by atoms with E-state index in [1.165, 1.54) is 0 Å². The molecule has 0 saturated carbocycles. The Bertz CT molecular complexity index is 1690. The van der Waals surface area contributed by atoms with Crippen molar-refractivity contribution in [3.63, 3.8) is 0 Å². The highest BCUT2D eigenvalue weighted by molar-refractivity contribution is 5.74. The maximum Gasteiger partial charge on any atom is 0.127 e. The number of hydrogen-bond acceptors (Lipinski definition) is 3. The lowest BCUT2D eigenvalue weighted by Gasteiger charge is -2.36. The molecule has 0 aromatic heterocycles. The maximum atomic E-state index is 10.9. The molecule has 42 heavy (non-hydrogen) atoms. The first kappa shape index (κ1) is 26.9. The molecule has 0 aliphatic carbocycles. The molecule has 0 spiro atoms. The monoisotopic (exact) mass is 548 g/mol. The van der Waals surface area contributed by atoms with Gasteiger partial charge in [-0.05, 0) is 82.8 Å². The van der Waals surface area contributed by atoms with Gasteiger partial charge in [-0.3, -0.25) is 0 Å². The van der Waals surface area contributed by atoms with Crippen LogP contribution in [0, 0.1) is 0 Å². The number of rotatable bonds is 8. The Morgan fingerprint density at radius 3 is 1.33 bits per heavy atom. The second-order valence-electron chi connectivity index (χ2n) is 10.4. The Labute approximate surface area is 247 Å².